The Balaban J connectivity index is 1.55. The second-order valence-corrected chi connectivity index (χ2v) is 7.15. The third kappa shape index (κ3) is 3.74. The SMILES string of the molecule is CC(C)c1cc(N2CCC[C@H](c3nc(-c4cccnc4)no3)C2)nc(N)n1. The highest BCUT2D eigenvalue weighted by Gasteiger charge is 2.27. The van der Waals surface area contributed by atoms with Gasteiger partial charge in [0.15, 0.2) is 0 Å². The van der Waals surface area contributed by atoms with E-state index in [0.29, 0.717) is 23.6 Å². The average Bonchev–Trinajstić information content (AvgIpc) is 3.18. The van der Waals surface area contributed by atoms with Crippen molar-refractivity contribution in [1.82, 2.24) is 25.1 Å². The molecule has 1 fully saturated rings. The molecule has 140 valence electrons. The molecule has 0 saturated carbocycles. The van der Waals surface area contributed by atoms with Gasteiger partial charge in [-0.25, -0.2) is 4.98 Å². The highest BCUT2D eigenvalue weighted by atomic mass is 16.5. The van der Waals surface area contributed by atoms with Crippen LogP contribution >= 0.6 is 0 Å². The van der Waals surface area contributed by atoms with Gasteiger partial charge in [-0.3, -0.25) is 4.98 Å². The van der Waals surface area contributed by atoms with Gasteiger partial charge in [0.2, 0.25) is 17.7 Å². The van der Waals surface area contributed by atoms with Crippen molar-refractivity contribution in [3.8, 4) is 11.4 Å². The van der Waals surface area contributed by atoms with E-state index >= 15 is 0 Å². The van der Waals surface area contributed by atoms with Crippen LogP contribution < -0.4 is 10.6 Å². The molecule has 2 N–H and O–H groups in total. The fraction of sp³-hybridized carbons (Fsp3) is 0.421. The predicted molar refractivity (Wildman–Crippen MR) is 102 cm³/mol. The quantitative estimate of drug-likeness (QED) is 0.752. The van der Waals surface area contributed by atoms with Gasteiger partial charge in [0.25, 0.3) is 0 Å². The summed E-state index contributed by atoms with van der Waals surface area (Å²) in [6, 6.07) is 5.81. The van der Waals surface area contributed by atoms with Crippen molar-refractivity contribution in [2.75, 3.05) is 23.7 Å². The van der Waals surface area contributed by atoms with E-state index in [1.165, 1.54) is 0 Å². The Morgan fingerprint density at radius 1 is 1.26 bits per heavy atom. The normalized spacial score (nSPS) is 17.4. The molecule has 4 heterocycles. The van der Waals surface area contributed by atoms with Gasteiger partial charge in [0.1, 0.15) is 5.82 Å². The highest BCUT2D eigenvalue weighted by Crippen LogP contribution is 2.30. The van der Waals surface area contributed by atoms with Crippen LogP contribution in [0.1, 0.15) is 50.1 Å². The Kier molecular flexibility index (Phi) is 4.70. The second kappa shape index (κ2) is 7.30. The molecule has 0 aromatic carbocycles. The number of hydrogen-bond donors (Lipinski definition) is 1. The van der Waals surface area contributed by atoms with Gasteiger partial charge in [0.05, 0.1) is 11.6 Å². The molecule has 0 spiro atoms. The number of nitrogens with zero attached hydrogens (tertiary/aromatic N) is 6. The van der Waals surface area contributed by atoms with Gasteiger partial charge in [-0.05, 0) is 30.9 Å². The van der Waals surface area contributed by atoms with Gasteiger partial charge < -0.3 is 15.2 Å². The zero-order valence-corrected chi connectivity index (χ0v) is 15.5. The summed E-state index contributed by atoms with van der Waals surface area (Å²) in [5.74, 6) is 2.87. The standard InChI is InChI=1S/C19H23N7O/c1-12(2)15-9-16(23-19(20)22-15)26-8-4-6-14(11-26)18-24-17(25-27-18)13-5-3-7-21-10-13/h3,5,7,9-10,12,14H,4,6,8,11H2,1-2H3,(H2,20,22,23)/t14-/m0/s1. The Morgan fingerprint density at radius 2 is 2.15 bits per heavy atom. The summed E-state index contributed by atoms with van der Waals surface area (Å²) < 4.78 is 5.56. The van der Waals surface area contributed by atoms with E-state index in [1.54, 1.807) is 12.4 Å². The third-order valence-corrected chi connectivity index (χ3v) is 4.80. The number of nitrogens with two attached hydrogens (primary N) is 1. The zero-order chi connectivity index (χ0) is 18.8. The minimum absolute atomic E-state index is 0.162. The van der Waals surface area contributed by atoms with Gasteiger partial charge in [-0.2, -0.15) is 9.97 Å². The lowest BCUT2D eigenvalue weighted by molar-refractivity contribution is 0.333. The topological polar surface area (TPSA) is 107 Å². The first-order valence-corrected chi connectivity index (χ1v) is 9.23. The van der Waals surface area contributed by atoms with Crippen LogP contribution in [0.4, 0.5) is 11.8 Å². The molecule has 27 heavy (non-hydrogen) atoms. The molecule has 1 aliphatic rings. The van der Waals surface area contributed by atoms with Crippen LogP contribution in [0.2, 0.25) is 0 Å². The molecule has 0 bridgehead atoms. The van der Waals surface area contributed by atoms with Crippen LogP contribution in [0.3, 0.4) is 0 Å². The summed E-state index contributed by atoms with van der Waals surface area (Å²) in [4.78, 5) is 19.7. The van der Waals surface area contributed by atoms with Crippen molar-refractivity contribution in [2.45, 2.75) is 38.5 Å². The second-order valence-electron chi connectivity index (χ2n) is 7.15. The summed E-state index contributed by atoms with van der Waals surface area (Å²) in [6.07, 6.45) is 5.49. The number of piperidine rings is 1. The van der Waals surface area contributed by atoms with Crippen LogP contribution in [0.5, 0.6) is 0 Å². The number of rotatable bonds is 4. The number of pyridine rings is 1. The molecule has 1 atom stereocenters. The summed E-state index contributed by atoms with van der Waals surface area (Å²) in [7, 11) is 0. The van der Waals surface area contributed by atoms with Crippen molar-refractivity contribution < 1.29 is 4.52 Å². The Labute approximate surface area is 157 Å². The van der Waals surface area contributed by atoms with Crippen molar-refractivity contribution in [3.05, 3.63) is 42.2 Å². The monoisotopic (exact) mass is 365 g/mol. The van der Waals surface area contributed by atoms with E-state index in [4.69, 9.17) is 10.3 Å². The molecule has 1 aliphatic heterocycles. The Bertz CT molecular complexity index is 909. The van der Waals surface area contributed by atoms with Crippen LogP contribution in [-0.4, -0.2) is 38.2 Å². The van der Waals surface area contributed by atoms with E-state index in [9.17, 15) is 0 Å². The first-order chi connectivity index (χ1) is 13.1. The molecule has 0 radical (unpaired) electrons. The van der Waals surface area contributed by atoms with Crippen molar-refractivity contribution >= 4 is 11.8 Å². The lowest BCUT2D eigenvalue weighted by atomic mass is 9.98. The van der Waals surface area contributed by atoms with Crippen LogP contribution in [0, 0.1) is 0 Å². The minimum atomic E-state index is 0.162. The minimum Gasteiger partial charge on any atom is -0.368 e. The fourth-order valence-electron chi connectivity index (χ4n) is 3.33. The summed E-state index contributed by atoms with van der Waals surface area (Å²) in [5.41, 5.74) is 7.73. The average molecular weight is 365 g/mol. The lowest BCUT2D eigenvalue weighted by Gasteiger charge is -2.32. The number of anilines is 2. The Morgan fingerprint density at radius 3 is 2.93 bits per heavy atom. The maximum absolute atomic E-state index is 5.92. The van der Waals surface area contributed by atoms with Crippen LogP contribution in [0.15, 0.2) is 35.1 Å². The first kappa shape index (κ1) is 17.4. The highest BCUT2D eigenvalue weighted by molar-refractivity contribution is 5.52. The molecule has 8 heteroatoms. The molecule has 0 amide bonds. The van der Waals surface area contributed by atoms with Crippen LogP contribution in [-0.2, 0) is 0 Å². The van der Waals surface area contributed by atoms with Crippen molar-refractivity contribution in [3.63, 3.8) is 0 Å². The van der Waals surface area contributed by atoms with Crippen LogP contribution in [0.25, 0.3) is 11.4 Å². The molecule has 0 unspecified atom stereocenters. The van der Waals surface area contributed by atoms with Crippen molar-refractivity contribution in [2.24, 2.45) is 0 Å². The summed E-state index contributed by atoms with van der Waals surface area (Å²) in [5, 5.41) is 4.12. The van der Waals surface area contributed by atoms with E-state index in [0.717, 1.165) is 43.0 Å². The smallest absolute Gasteiger partial charge is 0.231 e. The fourth-order valence-corrected chi connectivity index (χ4v) is 3.33. The Hall–Kier alpha value is -3.03. The van der Waals surface area contributed by atoms with E-state index in [-0.39, 0.29) is 5.92 Å². The predicted octanol–water partition coefficient (Wildman–Crippen LogP) is 3.01. The molecule has 8 nitrogen and oxygen atoms in total. The van der Waals surface area contributed by atoms with E-state index in [2.05, 4.69) is 43.8 Å². The van der Waals surface area contributed by atoms with E-state index < -0.39 is 0 Å². The third-order valence-electron chi connectivity index (χ3n) is 4.80. The number of nitrogen functional groups attached to an aromatic ring is 1. The lowest BCUT2D eigenvalue weighted by Crippen LogP contribution is -2.35. The molecule has 1 saturated heterocycles. The molecule has 3 aromatic rings. The van der Waals surface area contributed by atoms with Gasteiger partial charge in [-0.1, -0.05) is 19.0 Å². The maximum atomic E-state index is 5.92. The largest absolute Gasteiger partial charge is 0.368 e. The zero-order valence-electron chi connectivity index (χ0n) is 15.5. The molecule has 3 aromatic heterocycles. The summed E-state index contributed by atoms with van der Waals surface area (Å²) in [6.45, 7) is 5.89. The first-order valence-electron chi connectivity index (χ1n) is 9.23. The van der Waals surface area contributed by atoms with Crippen molar-refractivity contribution in [1.29, 1.82) is 0 Å². The molecule has 0 aliphatic carbocycles. The molecular weight excluding hydrogens is 342 g/mol. The van der Waals surface area contributed by atoms with Gasteiger partial charge >= 0.3 is 0 Å². The van der Waals surface area contributed by atoms with E-state index in [1.807, 2.05) is 18.2 Å². The number of hydrogen-bond acceptors (Lipinski definition) is 8. The maximum Gasteiger partial charge on any atom is 0.231 e. The number of aromatic nitrogens is 5. The molecular formula is C19H23N7O. The van der Waals surface area contributed by atoms with Gasteiger partial charge in [0, 0.05) is 37.1 Å². The summed E-state index contributed by atoms with van der Waals surface area (Å²) >= 11 is 0. The van der Waals surface area contributed by atoms with Gasteiger partial charge in [-0.15, -0.1) is 0 Å². The molecule has 4 rings (SSSR count).